The minimum absolute atomic E-state index is 0.310. The summed E-state index contributed by atoms with van der Waals surface area (Å²) in [6.07, 6.45) is -1.76. The lowest BCUT2D eigenvalue weighted by atomic mass is 9.88. The summed E-state index contributed by atoms with van der Waals surface area (Å²) in [7, 11) is 0. The third-order valence-corrected chi connectivity index (χ3v) is 3.98. The maximum atomic E-state index is 12.2. The van der Waals surface area contributed by atoms with Crippen LogP contribution in [0.3, 0.4) is 0 Å². The van der Waals surface area contributed by atoms with Crippen molar-refractivity contribution in [2.45, 2.75) is 32.0 Å². The van der Waals surface area contributed by atoms with Gasteiger partial charge in [0.2, 0.25) is 0 Å². The Balaban J connectivity index is 2.02. The average Bonchev–Trinajstić information content (AvgIpc) is 2.85. The molecule has 2 aromatic carbocycles. The molecule has 1 aliphatic heterocycles. The molecule has 1 heterocycles. The number of hydrogen-bond donors (Lipinski definition) is 0. The smallest absolute Gasteiger partial charge is 0.339 e. The first-order chi connectivity index (χ1) is 11.4. The molecule has 24 heavy (non-hydrogen) atoms. The molecule has 0 saturated carbocycles. The van der Waals surface area contributed by atoms with E-state index in [1.54, 1.807) is 26.0 Å². The average molecular weight is 325 g/mol. The quantitative estimate of drug-likeness (QED) is 0.808. The fraction of sp³-hybridized carbons (Fsp3) is 0.263. The molecule has 5 heteroatoms. The molecule has 0 N–H and O–H groups in total. The van der Waals surface area contributed by atoms with Crippen LogP contribution in [0.4, 0.5) is 4.79 Å². The molecule has 124 valence electrons. The predicted octanol–water partition coefficient (Wildman–Crippen LogP) is 2.63. The molecule has 0 radical (unpaired) electrons. The summed E-state index contributed by atoms with van der Waals surface area (Å²) < 4.78 is 10.4. The van der Waals surface area contributed by atoms with E-state index < -0.39 is 17.9 Å². The Morgan fingerprint density at radius 1 is 1.17 bits per heavy atom. The summed E-state index contributed by atoms with van der Waals surface area (Å²) in [6, 6.07) is 14.8. The fourth-order valence-corrected chi connectivity index (χ4v) is 3.07. The van der Waals surface area contributed by atoms with Crippen LogP contribution in [0.2, 0.25) is 0 Å². The van der Waals surface area contributed by atoms with E-state index in [4.69, 9.17) is 9.47 Å². The molecule has 0 aliphatic carbocycles. The second-order valence-electron chi connectivity index (χ2n) is 6.36. The SMILES string of the molecule is CC(C)(Cc1cccc2c1C(c1ccccc1)OC2=O)OC(=O)[O-]. The zero-order valence-electron chi connectivity index (χ0n) is 13.4. The second-order valence-corrected chi connectivity index (χ2v) is 6.36. The van der Waals surface area contributed by atoms with E-state index in [0.29, 0.717) is 12.0 Å². The molecular formula is C19H17O5-. The zero-order valence-corrected chi connectivity index (χ0v) is 13.4. The van der Waals surface area contributed by atoms with Crippen molar-refractivity contribution in [3.8, 4) is 0 Å². The van der Waals surface area contributed by atoms with Crippen molar-refractivity contribution in [3.63, 3.8) is 0 Å². The van der Waals surface area contributed by atoms with E-state index in [0.717, 1.165) is 16.7 Å². The number of cyclic esters (lactones) is 1. The highest BCUT2D eigenvalue weighted by Gasteiger charge is 2.35. The van der Waals surface area contributed by atoms with Crippen LogP contribution in [0.25, 0.3) is 0 Å². The van der Waals surface area contributed by atoms with Gasteiger partial charge in [-0.25, -0.2) is 4.79 Å². The molecule has 1 atom stereocenters. The summed E-state index contributed by atoms with van der Waals surface area (Å²) >= 11 is 0. The number of fused-ring (bicyclic) bond motifs is 1. The van der Waals surface area contributed by atoms with E-state index in [2.05, 4.69) is 0 Å². The van der Waals surface area contributed by atoms with Gasteiger partial charge in [0.1, 0.15) is 0 Å². The van der Waals surface area contributed by atoms with Crippen LogP contribution in [0.5, 0.6) is 0 Å². The van der Waals surface area contributed by atoms with Gasteiger partial charge in [-0.3, -0.25) is 0 Å². The lowest BCUT2D eigenvalue weighted by molar-refractivity contribution is -0.293. The number of hydrogen-bond acceptors (Lipinski definition) is 5. The molecule has 2 aromatic rings. The van der Waals surface area contributed by atoms with E-state index in [9.17, 15) is 14.7 Å². The fourth-order valence-electron chi connectivity index (χ4n) is 3.07. The van der Waals surface area contributed by atoms with Crippen molar-refractivity contribution in [3.05, 3.63) is 70.8 Å². The minimum atomic E-state index is -1.57. The van der Waals surface area contributed by atoms with Gasteiger partial charge in [0.05, 0.1) is 5.56 Å². The third-order valence-electron chi connectivity index (χ3n) is 3.98. The molecule has 5 nitrogen and oxygen atoms in total. The predicted molar refractivity (Wildman–Crippen MR) is 84.4 cm³/mol. The van der Waals surface area contributed by atoms with E-state index in [1.807, 2.05) is 36.4 Å². The first kappa shape index (κ1) is 16.1. The highest BCUT2D eigenvalue weighted by molar-refractivity contribution is 5.95. The van der Waals surface area contributed by atoms with Gasteiger partial charge in [-0.2, -0.15) is 0 Å². The van der Waals surface area contributed by atoms with Crippen molar-refractivity contribution in [2.75, 3.05) is 0 Å². The van der Waals surface area contributed by atoms with Crippen LogP contribution in [0.1, 0.15) is 47.0 Å². The Morgan fingerprint density at radius 2 is 1.88 bits per heavy atom. The number of carboxylic acid groups (broad SMARTS) is 1. The van der Waals surface area contributed by atoms with Crippen molar-refractivity contribution in [2.24, 2.45) is 0 Å². The van der Waals surface area contributed by atoms with Crippen molar-refractivity contribution in [1.82, 2.24) is 0 Å². The number of esters is 1. The number of ether oxygens (including phenoxy) is 2. The standard InChI is InChI=1S/C19H18O5/c1-19(2,24-18(21)22)11-13-9-6-10-14-15(13)16(23-17(14)20)12-7-4-3-5-8-12/h3-10,16H,11H2,1-2H3,(H,21,22)/p-1. The number of benzene rings is 2. The third kappa shape index (κ3) is 3.11. The van der Waals surface area contributed by atoms with Crippen LogP contribution in [-0.4, -0.2) is 17.7 Å². The van der Waals surface area contributed by atoms with Crippen LogP contribution < -0.4 is 5.11 Å². The number of rotatable bonds is 4. The van der Waals surface area contributed by atoms with Crippen molar-refractivity contribution < 1.29 is 24.2 Å². The second kappa shape index (κ2) is 6.00. The molecule has 0 saturated heterocycles. The van der Waals surface area contributed by atoms with Gasteiger partial charge in [0.25, 0.3) is 6.16 Å². The first-order valence-electron chi connectivity index (χ1n) is 7.65. The summed E-state index contributed by atoms with van der Waals surface area (Å²) in [5, 5.41) is 10.8. The minimum Gasteiger partial charge on any atom is -0.543 e. The summed E-state index contributed by atoms with van der Waals surface area (Å²) in [5.74, 6) is -0.376. The Kier molecular flexibility index (Phi) is 4.01. The Labute approximate surface area is 139 Å². The van der Waals surface area contributed by atoms with E-state index >= 15 is 0 Å². The molecule has 0 bridgehead atoms. The molecule has 1 unspecified atom stereocenters. The molecular weight excluding hydrogens is 308 g/mol. The Hall–Kier alpha value is -2.82. The maximum Gasteiger partial charge on any atom is 0.339 e. The highest BCUT2D eigenvalue weighted by Crippen LogP contribution is 2.39. The van der Waals surface area contributed by atoms with Gasteiger partial charge >= 0.3 is 5.97 Å². The first-order valence-corrected chi connectivity index (χ1v) is 7.65. The summed E-state index contributed by atoms with van der Waals surface area (Å²) in [6.45, 7) is 3.33. The highest BCUT2D eigenvalue weighted by atomic mass is 16.7. The topological polar surface area (TPSA) is 75.7 Å². The van der Waals surface area contributed by atoms with Crippen LogP contribution >= 0.6 is 0 Å². The maximum absolute atomic E-state index is 12.2. The number of carbonyl (C=O) groups excluding carboxylic acids is 2. The van der Waals surface area contributed by atoms with E-state index in [1.165, 1.54) is 0 Å². The normalized spacial score (nSPS) is 16.4. The van der Waals surface area contributed by atoms with Gasteiger partial charge in [-0.15, -0.1) is 0 Å². The lowest BCUT2D eigenvalue weighted by Crippen LogP contribution is -2.37. The van der Waals surface area contributed by atoms with Crippen LogP contribution in [-0.2, 0) is 15.9 Å². The van der Waals surface area contributed by atoms with Gasteiger partial charge in [0.15, 0.2) is 6.10 Å². The lowest BCUT2D eigenvalue weighted by Gasteiger charge is -2.31. The van der Waals surface area contributed by atoms with Crippen LogP contribution in [0, 0.1) is 0 Å². The van der Waals surface area contributed by atoms with Crippen LogP contribution in [0.15, 0.2) is 48.5 Å². The summed E-state index contributed by atoms with van der Waals surface area (Å²) in [5.41, 5.74) is 1.99. The van der Waals surface area contributed by atoms with Crippen molar-refractivity contribution >= 4 is 12.1 Å². The molecule has 0 amide bonds. The molecule has 0 spiro atoms. The monoisotopic (exact) mass is 325 g/mol. The Morgan fingerprint density at radius 3 is 2.54 bits per heavy atom. The molecule has 3 rings (SSSR count). The molecule has 0 fully saturated rings. The Bertz CT molecular complexity index is 780. The van der Waals surface area contributed by atoms with Gasteiger partial charge in [-0.1, -0.05) is 42.5 Å². The number of carbonyl (C=O) groups is 2. The molecule has 1 aliphatic rings. The zero-order chi connectivity index (χ0) is 17.3. The van der Waals surface area contributed by atoms with Gasteiger partial charge in [-0.05, 0) is 37.5 Å². The van der Waals surface area contributed by atoms with E-state index in [-0.39, 0.29) is 5.97 Å². The van der Waals surface area contributed by atoms with Gasteiger partial charge in [0, 0.05) is 11.2 Å². The summed E-state index contributed by atoms with van der Waals surface area (Å²) in [4.78, 5) is 23.0. The molecule has 0 aromatic heterocycles. The largest absolute Gasteiger partial charge is 0.543 e. The van der Waals surface area contributed by atoms with Crippen molar-refractivity contribution in [1.29, 1.82) is 0 Å². The van der Waals surface area contributed by atoms with Gasteiger partial charge < -0.3 is 19.4 Å².